The standard InChI is InChI=1S/C10H16BrN3OS/c1-7(6-11)4-3-5-12-10(15)9-8(2)13-14-16-9/h7H,3-6H2,1-2H3,(H,12,15). The summed E-state index contributed by atoms with van der Waals surface area (Å²) >= 11 is 4.58. The van der Waals surface area contributed by atoms with Gasteiger partial charge in [0.1, 0.15) is 4.88 Å². The summed E-state index contributed by atoms with van der Waals surface area (Å²) in [6.07, 6.45) is 2.12. The molecule has 1 unspecified atom stereocenters. The van der Waals surface area contributed by atoms with E-state index in [1.165, 1.54) is 0 Å². The lowest BCUT2D eigenvalue weighted by atomic mass is 10.1. The normalized spacial score (nSPS) is 12.4. The van der Waals surface area contributed by atoms with Crippen LogP contribution >= 0.6 is 27.5 Å². The predicted molar refractivity (Wildman–Crippen MR) is 69.2 cm³/mol. The van der Waals surface area contributed by atoms with Gasteiger partial charge >= 0.3 is 0 Å². The Hall–Kier alpha value is -0.490. The van der Waals surface area contributed by atoms with Crippen molar-refractivity contribution in [1.82, 2.24) is 14.9 Å². The number of alkyl halides is 1. The molecule has 1 heterocycles. The molecule has 1 N–H and O–H groups in total. The Morgan fingerprint density at radius 1 is 1.62 bits per heavy atom. The molecule has 1 rings (SSSR count). The van der Waals surface area contributed by atoms with E-state index in [0.29, 0.717) is 23.0 Å². The topological polar surface area (TPSA) is 54.9 Å². The number of amides is 1. The Labute approximate surface area is 108 Å². The summed E-state index contributed by atoms with van der Waals surface area (Å²) < 4.78 is 3.74. The van der Waals surface area contributed by atoms with Gasteiger partial charge < -0.3 is 5.32 Å². The van der Waals surface area contributed by atoms with Crippen LogP contribution in [-0.2, 0) is 0 Å². The van der Waals surface area contributed by atoms with Gasteiger partial charge in [-0.3, -0.25) is 4.79 Å². The molecular weight excluding hydrogens is 290 g/mol. The number of halogens is 1. The molecule has 0 aliphatic carbocycles. The minimum atomic E-state index is -0.0565. The number of nitrogens with zero attached hydrogens (tertiary/aromatic N) is 2. The van der Waals surface area contributed by atoms with Gasteiger partial charge in [0.2, 0.25) is 0 Å². The predicted octanol–water partition coefficient (Wildman–Crippen LogP) is 2.39. The summed E-state index contributed by atoms with van der Waals surface area (Å²) in [5, 5.41) is 7.70. The van der Waals surface area contributed by atoms with E-state index >= 15 is 0 Å². The fraction of sp³-hybridized carbons (Fsp3) is 0.700. The summed E-state index contributed by atoms with van der Waals surface area (Å²) in [6.45, 7) is 4.70. The minimum absolute atomic E-state index is 0.0565. The maximum atomic E-state index is 11.7. The summed E-state index contributed by atoms with van der Waals surface area (Å²) in [5.74, 6) is 0.600. The molecule has 0 aliphatic heterocycles. The highest BCUT2D eigenvalue weighted by molar-refractivity contribution is 9.09. The van der Waals surface area contributed by atoms with Crippen molar-refractivity contribution in [1.29, 1.82) is 0 Å². The average molecular weight is 306 g/mol. The van der Waals surface area contributed by atoms with Gasteiger partial charge in [0, 0.05) is 11.9 Å². The molecule has 0 aromatic carbocycles. The van der Waals surface area contributed by atoms with Crippen molar-refractivity contribution in [2.45, 2.75) is 26.7 Å². The van der Waals surface area contributed by atoms with Crippen LogP contribution in [0.5, 0.6) is 0 Å². The summed E-state index contributed by atoms with van der Waals surface area (Å²) in [7, 11) is 0. The number of carbonyl (C=O) groups is 1. The van der Waals surface area contributed by atoms with E-state index in [9.17, 15) is 4.79 Å². The third-order valence-electron chi connectivity index (χ3n) is 2.28. The van der Waals surface area contributed by atoms with Gasteiger partial charge in [-0.25, -0.2) is 0 Å². The SMILES string of the molecule is Cc1nnsc1C(=O)NCCCC(C)CBr. The Morgan fingerprint density at radius 3 is 2.94 bits per heavy atom. The Morgan fingerprint density at radius 2 is 2.38 bits per heavy atom. The fourth-order valence-corrected chi connectivity index (χ4v) is 2.15. The number of hydrogen-bond acceptors (Lipinski definition) is 4. The van der Waals surface area contributed by atoms with E-state index in [4.69, 9.17) is 0 Å². The van der Waals surface area contributed by atoms with E-state index < -0.39 is 0 Å². The third-order valence-corrected chi connectivity index (χ3v) is 4.21. The molecule has 0 saturated carbocycles. The van der Waals surface area contributed by atoms with Gasteiger partial charge in [-0.05, 0) is 37.2 Å². The van der Waals surface area contributed by atoms with Crippen molar-refractivity contribution in [2.75, 3.05) is 11.9 Å². The molecule has 0 spiro atoms. The summed E-state index contributed by atoms with van der Waals surface area (Å²) in [6, 6.07) is 0. The fourth-order valence-electron chi connectivity index (χ4n) is 1.25. The minimum Gasteiger partial charge on any atom is -0.351 e. The number of nitrogens with one attached hydrogen (secondary N) is 1. The molecule has 1 amide bonds. The van der Waals surface area contributed by atoms with Gasteiger partial charge in [-0.15, -0.1) is 5.10 Å². The molecule has 16 heavy (non-hydrogen) atoms. The molecule has 4 nitrogen and oxygen atoms in total. The first-order valence-corrected chi connectivity index (χ1v) is 7.17. The lowest BCUT2D eigenvalue weighted by Gasteiger charge is -2.07. The van der Waals surface area contributed by atoms with Gasteiger partial charge in [-0.1, -0.05) is 27.3 Å². The highest BCUT2D eigenvalue weighted by atomic mass is 79.9. The van der Waals surface area contributed by atoms with Crippen LogP contribution in [0, 0.1) is 12.8 Å². The Bertz CT molecular complexity index is 343. The van der Waals surface area contributed by atoms with E-state index in [2.05, 4.69) is 37.8 Å². The molecule has 1 aromatic heterocycles. The molecule has 6 heteroatoms. The molecular formula is C10H16BrN3OS. The molecule has 1 aromatic rings. The van der Waals surface area contributed by atoms with Crippen LogP contribution < -0.4 is 5.32 Å². The number of carbonyl (C=O) groups excluding carboxylic acids is 1. The van der Waals surface area contributed by atoms with Gasteiger partial charge in [0.05, 0.1) is 5.69 Å². The summed E-state index contributed by atoms with van der Waals surface area (Å²) in [5.41, 5.74) is 0.705. The van der Waals surface area contributed by atoms with Crippen molar-refractivity contribution in [3.63, 3.8) is 0 Å². The van der Waals surface area contributed by atoms with Crippen LogP contribution in [0.15, 0.2) is 0 Å². The van der Waals surface area contributed by atoms with Crippen LogP contribution in [0.25, 0.3) is 0 Å². The van der Waals surface area contributed by atoms with Crippen LogP contribution in [0.3, 0.4) is 0 Å². The average Bonchev–Trinajstić information content (AvgIpc) is 2.70. The first-order valence-electron chi connectivity index (χ1n) is 5.28. The smallest absolute Gasteiger partial charge is 0.264 e. The van der Waals surface area contributed by atoms with Crippen molar-refractivity contribution in [3.8, 4) is 0 Å². The zero-order valence-electron chi connectivity index (χ0n) is 9.49. The second-order valence-corrected chi connectivity index (χ2v) is 5.25. The van der Waals surface area contributed by atoms with Crippen LogP contribution in [0.2, 0.25) is 0 Å². The molecule has 0 aliphatic rings. The molecule has 0 saturated heterocycles. The number of hydrogen-bond donors (Lipinski definition) is 1. The van der Waals surface area contributed by atoms with E-state index in [1.807, 2.05) is 0 Å². The highest BCUT2D eigenvalue weighted by Crippen LogP contribution is 2.10. The maximum Gasteiger partial charge on any atom is 0.264 e. The third kappa shape index (κ3) is 4.17. The highest BCUT2D eigenvalue weighted by Gasteiger charge is 2.12. The zero-order chi connectivity index (χ0) is 12.0. The number of rotatable bonds is 6. The van der Waals surface area contributed by atoms with Gasteiger partial charge in [0.25, 0.3) is 5.91 Å². The van der Waals surface area contributed by atoms with Crippen molar-refractivity contribution in [2.24, 2.45) is 5.92 Å². The quantitative estimate of drug-likeness (QED) is 0.648. The van der Waals surface area contributed by atoms with Gasteiger partial charge in [-0.2, -0.15) is 0 Å². The second kappa shape index (κ2) is 6.96. The molecule has 0 radical (unpaired) electrons. The van der Waals surface area contributed by atoms with Crippen molar-refractivity contribution in [3.05, 3.63) is 10.6 Å². The lowest BCUT2D eigenvalue weighted by Crippen LogP contribution is -2.24. The first kappa shape index (κ1) is 13.6. The van der Waals surface area contributed by atoms with Crippen LogP contribution in [-0.4, -0.2) is 27.4 Å². The summed E-state index contributed by atoms with van der Waals surface area (Å²) in [4.78, 5) is 12.3. The molecule has 0 bridgehead atoms. The van der Waals surface area contributed by atoms with Gasteiger partial charge in [0.15, 0.2) is 0 Å². The van der Waals surface area contributed by atoms with E-state index in [-0.39, 0.29) is 5.91 Å². The van der Waals surface area contributed by atoms with Crippen molar-refractivity contribution < 1.29 is 4.79 Å². The zero-order valence-corrected chi connectivity index (χ0v) is 11.9. The van der Waals surface area contributed by atoms with Crippen LogP contribution in [0.4, 0.5) is 0 Å². The maximum absolute atomic E-state index is 11.7. The number of aryl methyl sites for hydroxylation is 1. The lowest BCUT2D eigenvalue weighted by molar-refractivity contribution is 0.0956. The van der Waals surface area contributed by atoms with E-state index in [0.717, 1.165) is 29.7 Å². The van der Waals surface area contributed by atoms with E-state index in [1.54, 1.807) is 6.92 Å². The van der Waals surface area contributed by atoms with Crippen LogP contribution in [0.1, 0.15) is 35.1 Å². The molecule has 90 valence electrons. The monoisotopic (exact) mass is 305 g/mol. The Balaban J connectivity index is 2.24. The second-order valence-electron chi connectivity index (χ2n) is 3.85. The first-order chi connectivity index (χ1) is 7.65. The molecule has 1 atom stereocenters. The van der Waals surface area contributed by atoms with Crippen molar-refractivity contribution >= 4 is 33.4 Å². The Kier molecular flexibility index (Phi) is 5.90. The number of aromatic nitrogens is 2. The molecule has 0 fully saturated rings. The largest absolute Gasteiger partial charge is 0.351 e.